The summed E-state index contributed by atoms with van der Waals surface area (Å²) in [5, 5.41) is 7.24. The number of rotatable bonds is 11. The molecule has 0 aliphatic carbocycles. The van der Waals surface area contributed by atoms with Crippen molar-refractivity contribution < 1.29 is 18.4 Å². The zero-order valence-electron chi connectivity index (χ0n) is 26.5. The van der Waals surface area contributed by atoms with Crippen LogP contribution in [0.3, 0.4) is 0 Å². The second kappa shape index (κ2) is 13.8. The highest BCUT2D eigenvalue weighted by Crippen LogP contribution is 2.41. The average molecular weight is 714 g/mol. The van der Waals surface area contributed by atoms with Crippen molar-refractivity contribution in [2.24, 2.45) is 0 Å². The molecule has 46 heavy (non-hydrogen) atoms. The van der Waals surface area contributed by atoms with Gasteiger partial charge in [-0.1, -0.05) is 0 Å². The van der Waals surface area contributed by atoms with Crippen LogP contribution in [-0.2, 0) is 4.57 Å². The first-order chi connectivity index (χ1) is 22.1. The maximum absolute atomic E-state index is 13.4. The number of piperidine rings is 1. The molecule has 6 rings (SSSR count). The van der Waals surface area contributed by atoms with Crippen LogP contribution in [0.4, 0.5) is 27.5 Å². The largest absolute Gasteiger partial charge is 0.494 e. The number of hydrogen-bond donors (Lipinski definition) is 2. The van der Waals surface area contributed by atoms with Gasteiger partial charge in [-0.3, -0.25) is 19.8 Å². The smallest absolute Gasteiger partial charge is 0.229 e. The summed E-state index contributed by atoms with van der Waals surface area (Å²) < 4.78 is 38.8. The van der Waals surface area contributed by atoms with Gasteiger partial charge in [0.05, 0.1) is 33.8 Å². The van der Waals surface area contributed by atoms with Crippen molar-refractivity contribution >= 4 is 62.6 Å². The van der Waals surface area contributed by atoms with Gasteiger partial charge < -0.3 is 24.7 Å². The normalized spacial score (nSPS) is 16.7. The molecule has 2 aromatic carbocycles. The molecule has 2 saturated heterocycles. The number of halogens is 2. The molecular weight excluding hydrogens is 674 g/mol. The number of ether oxygens (including phenoxy) is 2. The number of hydrogen-bond acceptors (Lipinski definition) is 11. The number of nitrogens with one attached hydrogen (secondary N) is 2. The van der Waals surface area contributed by atoms with Gasteiger partial charge >= 0.3 is 0 Å². The summed E-state index contributed by atoms with van der Waals surface area (Å²) in [6, 6.07) is 8.10. The molecule has 14 heteroatoms. The van der Waals surface area contributed by atoms with E-state index in [-0.39, 0.29) is 12.8 Å². The van der Waals surface area contributed by atoms with Gasteiger partial charge in [0, 0.05) is 63.4 Å². The molecular formula is C32H39BrFN8O3P. The maximum atomic E-state index is 13.4. The molecule has 0 bridgehead atoms. The molecule has 0 radical (unpaired) electrons. The second-order valence-electron chi connectivity index (χ2n) is 12.2. The average Bonchev–Trinajstić information content (AvgIpc) is 3.01. The topological polar surface area (TPSA) is 118 Å². The lowest BCUT2D eigenvalue weighted by Gasteiger charge is -2.47. The van der Waals surface area contributed by atoms with Crippen molar-refractivity contribution in [1.82, 2.24) is 29.7 Å². The molecule has 0 amide bonds. The third-order valence-electron chi connectivity index (χ3n) is 8.52. The minimum atomic E-state index is -2.75. The van der Waals surface area contributed by atoms with Crippen LogP contribution in [0.1, 0.15) is 18.4 Å². The number of anilines is 4. The Morgan fingerprint density at radius 1 is 1.04 bits per heavy atom. The van der Waals surface area contributed by atoms with Crippen LogP contribution in [0.15, 0.2) is 47.3 Å². The number of aryl methyl sites for hydroxylation is 1. The van der Waals surface area contributed by atoms with E-state index < -0.39 is 7.14 Å². The van der Waals surface area contributed by atoms with Gasteiger partial charge in [0.15, 0.2) is 0 Å². The first-order valence-corrected chi connectivity index (χ1v) is 18.8. The fourth-order valence-electron chi connectivity index (χ4n) is 6.11. The van der Waals surface area contributed by atoms with E-state index in [2.05, 4.69) is 51.3 Å². The lowest BCUT2D eigenvalue weighted by atomic mass is 10.0. The van der Waals surface area contributed by atoms with E-state index in [9.17, 15) is 8.96 Å². The van der Waals surface area contributed by atoms with Crippen molar-refractivity contribution in [2.45, 2.75) is 31.9 Å². The van der Waals surface area contributed by atoms with Crippen LogP contribution in [0.25, 0.3) is 11.0 Å². The molecule has 0 spiro atoms. The van der Waals surface area contributed by atoms with Crippen LogP contribution in [0.2, 0.25) is 0 Å². The summed E-state index contributed by atoms with van der Waals surface area (Å²) in [7, 11) is -1.13. The summed E-state index contributed by atoms with van der Waals surface area (Å²) in [4.78, 5) is 22.7. The number of benzene rings is 2. The van der Waals surface area contributed by atoms with Gasteiger partial charge in [-0.25, -0.2) is 9.37 Å². The quantitative estimate of drug-likeness (QED) is 0.186. The Hall–Kier alpha value is -3.38. The Kier molecular flexibility index (Phi) is 9.75. The summed E-state index contributed by atoms with van der Waals surface area (Å²) in [5.74, 6) is 2.24. The first-order valence-electron chi connectivity index (χ1n) is 15.4. The van der Waals surface area contributed by atoms with E-state index in [4.69, 9.17) is 14.5 Å². The van der Waals surface area contributed by atoms with E-state index >= 15 is 0 Å². The van der Waals surface area contributed by atoms with Crippen molar-refractivity contribution in [3.63, 3.8) is 0 Å². The van der Waals surface area contributed by atoms with Crippen molar-refractivity contribution in [1.29, 1.82) is 0 Å². The Balaban J connectivity index is 1.15. The molecule has 0 atom stereocenters. The Labute approximate surface area is 276 Å². The predicted molar refractivity (Wildman–Crippen MR) is 184 cm³/mol. The van der Waals surface area contributed by atoms with Gasteiger partial charge in [0.25, 0.3) is 0 Å². The van der Waals surface area contributed by atoms with E-state index in [1.165, 1.54) is 0 Å². The van der Waals surface area contributed by atoms with Crippen LogP contribution in [-0.4, -0.2) is 102 Å². The first kappa shape index (κ1) is 32.6. The van der Waals surface area contributed by atoms with E-state index in [1.54, 1.807) is 39.0 Å². The van der Waals surface area contributed by atoms with Gasteiger partial charge in [0.1, 0.15) is 42.8 Å². The zero-order valence-corrected chi connectivity index (χ0v) is 28.9. The van der Waals surface area contributed by atoms with Crippen LogP contribution >= 0.6 is 23.1 Å². The maximum Gasteiger partial charge on any atom is 0.229 e. The van der Waals surface area contributed by atoms with Gasteiger partial charge in [-0.05, 0) is 72.8 Å². The lowest BCUT2D eigenvalue weighted by molar-refractivity contribution is -0.00106. The summed E-state index contributed by atoms with van der Waals surface area (Å²) in [6.45, 7) is 9.58. The Morgan fingerprint density at radius 2 is 1.80 bits per heavy atom. The van der Waals surface area contributed by atoms with Gasteiger partial charge in [-0.15, -0.1) is 0 Å². The zero-order chi connectivity index (χ0) is 32.4. The fourth-order valence-corrected chi connectivity index (χ4v) is 7.79. The third-order valence-corrected chi connectivity index (χ3v) is 10.6. The van der Waals surface area contributed by atoms with Crippen LogP contribution < -0.4 is 25.4 Å². The number of alkyl halides is 1. The van der Waals surface area contributed by atoms with Crippen LogP contribution in [0.5, 0.6) is 11.5 Å². The Bertz CT molecular complexity index is 1760. The van der Waals surface area contributed by atoms with E-state index in [1.807, 2.05) is 31.2 Å². The molecule has 4 heterocycles. The monoisotopic (exact) mass is 712 g/mol. The molecule has 2 aromatic heterocycles. The van der Waals surface area contributed by atoms with Crippen molar-refractivity contribution in [2.75, 3.05) is 70.5 Å². The molecule has 0 unspecified atom stereocenters. The van der Waals surface area contributed by atoms with Crippen molar-refractivity contribution in [3.8, 4) is 11.5 Å². The SMILES string of the molecule is COc1cc(OC2CCN(C3CN(CCF)C3)CC2)c(C)cc1Nc1ncc(Br)c(Nc2ccc3nccnc3c2P(C)(C)=O)n1. The molecule has 2 N–H and O–H groups in total. The fraction of sp³-hybridized carbons (Fsp3) is 0.438. The summed E-state index contributed by atoms with van der Waals surface area (Å²) in [5.41, 5.74) is 3.57. The Morgan fingerprint density at radius 3 is 2.52 bits per heavy atom. The van der Waals surface area contributed by atoms with Gasteiger partial charge in [-0.2, -0.15) is 4.98 Å². The minimum Gasteiger partial charge on any atom is -0.494 e. The molecule has 2 aliphatic rings. The lowest BCUT2D eigenvalue weighted by Crippen LogP contribution is -2.61. The van der Waals surface area contributed by atoms with Crippen LogP contribution in [0, 0.1) is 6.92 Å². The highest BCUT2D eigenvalue weighted by molar-refractivity contribution is 9.10. The minimum absolute atomic E-state index is 0.122. The summed E-state index contributed by atoms with van der Waals surface area (Å²) >= 11 is 3.55. The highest BCUT2D eigenvalue weighted by atomic mass is 79.9. The number of methoxy groups -OCH3 is 1. The number of aromatic nitrogens is 4. The number of likely N-dealkylation sites (tertiary alicyclic amines) is 2. The summed E-state index contributed by atoms with van der Waals surface area (Å²) in [6.07, 6.45) is 6.89. The van der Waals surface area contributed by atoms with E-state index in [0.717, 1.165) is 50.3 Å². The van der Waals surface area contributed by atoms with Gasteiger partial charge in [0.2, 0.25) is 5.95 Å². The molecule has 2 aliphatic heterocycles. The molecule has 0 saturated carbocycles. The van der Waals surface area contributed by atoms with Crippen molar-refractivity contribution in [3.05, 3.63) is 52.9 Å². The second-order valence-corrected chi connectivity index (χ2v) is 16.2. The number of nitrogens with zero attached hydrogens (tertiary/aromatic N) is 6. The predicted octanol–water partition coefficient (Wildman–Crippen LogP) is 5.73. The number of fused-ring (bicyclic) bond motifs is 1. The standard InChI is InChI=1S/C32H39BrFN8O3P/c1-20-15-26(28(44-2)16-27(20)45-22-7-12-42(13-8-22)21-18-41(19-21)14-9-34)39-32-37-17-23(33)31(40-32)38-25-6-5-24-29(36-11-10-35-24)30(25)46(3,4)43/h5-6,10-11,15-17,21-22H,7-9,12-14,18-19H2,1-4H3,(H2,37,38,39,40). The van der Waals surface area contributed by atoms with E-state index in [0.29, 0.717) is 62.3 Å². The highest BCUT2D eigenvalue weighted by Gasteiger charge is 2.34. The molecule has 244 valence electrons. The molecule has 4 aromatic rings. The molecule has 2 fully saturated rings. The molecule has 11 nitrogen and oxygen atoms in total. The third kappa shape index (κ3) is 7.12.